The van der Waals surface area contributed by atoms with Gasteiger partial charge in [0.15, 0.2) is 0 Å². The molecule has 2 aliphatic rings. The molecule has 3 N–H and O–H groups in total. The van der Waals surface area contributed by atoms with Gasteiger partial charge in [-0.05, 0) is 50.5 Å². The smallest absolute Gasteiger partial charge is 0.475 e. The van der Waals surface area contributed by atoms with Crippen molar-refractivity contribution in [2.24, 2.45) is 5.73 Å². The van der Waals surface area contributed by atoms with Gasteiger partial charge in [0.05, 0.1) is 24.5 Å². The number of carboxylic acids is 1. The number of benzene rings is 2. The van der Waals surface area contributed by atoms with E-state index < -0.39 is 42.1 Å². The van der Waals surface area contributed by atoms with Gasteiger partial charge in [-0.15, -0.1) is 0 Å². The van der Waals surface area contributed by atoms with E-state index in [4.69, 9.17) is 25.1 Å². The van der Waals surface area contributed by atoms with Crippen LogP contribution in [0.4, 0.5) is 42.9 Å². The maximum absolute atomic E-state index is 14.9. The summed E-state index contributed by atoms with van der Waals surface area (Å²) in [5, 5.41) is 7.12. The lowest BCUT2D eigenvalue weighted by molar-refractivity contribution is -0.192. The number of likely N-dealkylation sites (N-methyl/N-ethyl adjacent to an activating group) is 1. The van der Waals surface area contributed by atoms with Crippen LogP contribution in [-0.2, 0) is 14.3 Å². The lowest BCUT2D eigenvalue weighted by Gasteiger charge is -2.17. The predicted octanol–water partition coefficient (Wildman–Crippen LogP) is 3.44. The third-order valence-corrected chi connectivity index (χ3v) is 5.64. The summed E-state index contributed by atoms with van der Waals surface area (Å²) in [4.78, 5) is 37.6. The highest BCUT2D eigenvalue weighted by atomic mass is 19.4. The molecule has 0 radical (unpaired) electrons. The third kappa shape index (κ3) is 7.11. The van der Waals surface area contributed by atoms with Crippen LogP contribution in [0.3, 0.4) is 0 Å². The van der Waals surface area contributed by atoms with Crippen LogP contribution in [0.1, 0.15) is 0 Å². The Labute approximate surface area is 219 Å². The molecular weight excluding hydrogens is 535 g/mol. The summed E-state index contributed by atoms with van der Waals surface area (Å²) in [6.07, 6.45) is -7.01. The SMILES string of the molecule is CN(C)C[C@H]1CN(c2ccc(-c3ccc(N4C[C@H](CN)OC4=O)cc3F)c(F)c2)C(=O)O1.O=C(O)C(F)(F)F. The minimum Gasteiger partial charge on any atom is -0.475 e. The first-order valence-corrected chi connectivity index (χ1v) is 11.4. The summed E-state index contributed by atoms with van der Waals surface area (Å²) < 4.78 is 71.9. The number of amides is 2. The normalized spacial score (nSPS) is 19.1. The zero-order valence-corrected chi connectivity index (χ0v) is 20.7. The number of nitrogens with zero attached hydrogens (tertiary/aromatic N) is 3. The Kier molecular flexibility index (Phi) is 8.96. The van der Waals surface area contributed by atoms with Crippen molar-refractivity contribution < 1.29 is 50.9 Å². The first kappa shape index (κ1) is 29.6. The van der Waals surface area contributed by atoms with Crippen LogP contribution in [0, 0.1) is 11.6 Å². The molecule has 2 amide bonds. The van der Waals surface area contributed by atoms with E-state index in [2.05, 4.69) is 0 Å². The third-order valence-electron chi connectivity index (χ3n) is 5.64. The Morgan fingerprint density at radius 1 is 0.949 bits per heavy atom. The largest absolute Gasteiger partial charge is 0.490 e. The fourth-order valence-corrected chi connectivity index (χ4v) is 3.87. The molecule has 10 nitrogen and oxygen atoms in total. The van der Waals surface area contributed by atoms with Crippen LogP contribution >= 0.6 is 0 Å². The maximum atomic E-state index is 14.9. The van der Waals surface area contributed by atoms with E-state index in [0.29, 0.717) is 24.5 Å². The van der Waals surface area contributed by atoms with Crippen molar-refractivity contribution in [2.45, 2.75) is 18.4 Å². The van der Waals surface area contributed by atoms with Gasteiger partial charge in [-0.1, -0.05) is 0 Å². The number of carbonyl (C=O) groups is 3. The average molecular weight is 560 g/mol. The van der Waals surface area contributed by atoms with Crippen molar-refractivity contribution in [3.63, 3.8) is 0 Å². The number of hydrogen-bond donors (Lipinski definition) is 2. The number of alkyl halides is 3. The molecular formula is C24H25F5N4O6. The van der Waals surface area contributed by atoms with Crippen molar-refractivity contribution in [1.82, 2.24) is 4.90 Å². The lowest BCUT2D eigenvalue weighted by atomic mass is 10.0. The molecule has 2 saturated heterocycles. The van der Waals surface area contributed by atoms with E-state index in [9.17, 15) is 31.5 Å². The average Bonchev–Trinajstić information content (AvgIpc) is 3.40. The Hall–Kier alpha value is -3.98. The molecule has 0 aliphatic carbocycles. The molecule has 15 heteroatoms. The van der Waals surface area contributed by atoms with E-state index in [0.717, 1.165) is 6.07 Å². The summed E-state index contributed by atoms with van der Waals surface area (Å²) in [6.45, 7) is 1.24. The number of carbonyl (C=O) groups excluding carboxylic acids is 2. The first-order chi connectivity index (χ1) is 18.2. The maximum Gasteiger partial charge on any atom is 0.490 e. The molecule has 0 saturated carbocycles. The number of rotatable bonds is 6. The van der Waals surface area contributed by atoms with E-state index >= 15 is 0 Å². The summed E-state index contributed by atoms with van der Waals surface area (Å²) in [5.74, 6) is -4.13. The molecule has 0 aromatic heterocycles. The molecule has 39 heavy (non-hydrogen) atoms. The number of halogens is 5. The highest BCUT2D eigenvalue weighted by molar-refractivity contribution is 5.91. The number of anilines is 2. The Morgan fingerprint density at radius 2 is 1.36 bits per heavy atom. The van der Waals surface area contributed by atoms with Crippen LogP contribution in [0.25, 0.3) is 11.1 Å². The van der Waals surface area contributed by atoms with Crippen molar-refractivity contribution in [3.8, 4) is 11.1 Å². The van der Waals surface area contributed by atoms with E-state index in [1.807, 2.05) is 19.0 Å². The van der Waals surface area contributed by atoms with Crippen molar-refractivity contribution in [1.29, 1.82) is 0 Å². The molecule has 0 unspecified atom stereocenters. The van der Waals surface area contributed by atoms with Gasteiger partial charge in [-0.2, -0.15) is 13.2 Å². The standard InChI is InChI=1S/C22H24F2N4O4.C2HF3O2/c1-26(2)10-16-12-28(22(30)32-16)14-4-6-18(20(24)8-14)17-5-3-13(7-19(17)23)27-11-15(9-25)31-21(27)29;3-2(4,5)1(6)7/h3-8,15-16H,9-12,25H2,1-2H3;(H,6,7)/t15-,16-;/m0./s1. The van der Waals surface area contributed by atoms with Gasteiger partial charge < -0.3 is 25.2 Å². The lowest BCUT2D eigenvalue weighted by Crippen LogP contribution is -2.30. The second kappa shape index (κ2) is 11.8. The molecule has 0 spiro atoms. The summed E-state index contributed by atoms with van der Waals surface area (Å²) in [5.41, 5.74) is 6.24. The van der Waals surface area contributed by atoms with Crippen LogP contribution in [0.2, 0.25) is 0 Å². The Morgan fingerprint density at radius 3 is 1.69 bits per heavy atom. The van der Waals surface area contributed by atoms with Gasteiger partial charge in [0.2, 0.25) is 0 Å². The molecule has 2 fully saturated rings. The van der Waals surface area contributed by atoms with E-state index in [1.165, 1.54) is 34.1 Å². The van der Waals surface area contributed by atoms with Gasteiger partial charge in [-0.3, -0.25) is 9.80 Å². The second-order valence-corrected chi connectivity index (χ2v) is 8.86. The Balaban J connectivity index is 0.000000532. The topological polar surface area (TPSA) is 126 Å². The van der Waals surface area contributed by atoms with Crippen LogP contribution in [0.15, 0.2) is 36.4 Å². The van der Waals surface area contributed by atoms with Crippen LogP contribution < -0.4 is 15.5 Å². The molecule has 2 aliphatic heterocycles. The van der Waals surface area contributed by atoms with Gasteiger partial charge >= 0.3 is 24.3 Å². The zero-order chi connectivity index (χ0) is 29.1. The quantitative estimate of drug-likeness (QED) is 0.515. The Bertz CT molecular complexity index is 1240. The number of ether oxygens (including phenoxy) is 2. The number of nitrogens with two attached hydrogens (primary N) is 1. The first-order valence-electron chi connectivity index (χ1n) is 11.4. The monoisotopic (exact) mass is 560 g/mol. The highest BCUT2D eigenvalue weighted by Crippen LogP contribution is 2.33. The molecule has 4 rings (SSSR count). The molecule has 212 valence electrons. The number of aliphatic carboxylic acids is 1. The van der Waals surface area contributed by atoms with Crippen LogP contribution in [-0.4, -0.2) is 86.8 Å². The zero-order valence-electron chi connectivity index (χ0n) is 20.7. The van der Waals surface area contributed by atoms with Crippen LogP contribution in [0.5, 0.6) is 0 Å². The highest BCUT2D eigenvalue weighted by Gasteiger charge is 2.38. The van der Waals surface area contributed by atoms with Crippen molar-refractivity contribution >= 4 is 29.5 Å². The van der Waals surface area contributed by atoms with Gasteiger partial charge in [-0.25, -0.2) is 23.2 Å². The summed E-state index contributed by atoms with van der Waals surface area (Å²) in [6, 6.07) is 8.25. The molecule has 2 heterocycles. The van der Waals surface area contributed by atoms with Gasteiger partial charge in [0, 0.05) is 24.2 Å². The summed E-state index contributed by atoms with van der Waals surface area (Å²) in [7, 11) is 3.74. The minimum absolute atomic E-state index is 0.0372. The number of carboxylic acid groups (broad SMARTS) is 1. The minimum atomic E-state index is -5.08. The van der Waals surface area contributed by atoms with Crippen molar-refractivity contribution in [3.05, 3.63) is 48.0 Å². The van der Waals surface area contributed by atoms with E-state index in [-0.39, 0.29) is 30.3 Å². The fraction of sp³-hybridized carbons (Fsp3) is 0.375. The second-order valence-electron chi connectivity index (χ2n) is 8.86. The number of cyclic esters (lactones) is 2. The van der Waals surface area contributed by atoms with Crippen molar-refractivity contribution in [2.75, 3.05) is 50.1 Å². The predicted molar refractivity (Wildman–Crippen MR) is 128 cm³/mol. The molecule has 2 aromatic rings. The molecule has 2 atom stereocenters. The number of hydrogen-bond acceptors (Lipinski definition) is 7. The fourth-order valence-electron chi connectivity index (χ4n) is 3.87. The summed E-state index contributed by atoms with van der Waals surface area (Å²) >= 11 is 0. The molecule has 0 bridgehead atoms. The van der Waals surface area contributed by atoms with Gasteiger partial charge in [0.25, 0.3) is 0 Å². The van der Waals surface area contributed by atoms with Gasteiger partial charge in [0.1, 0.15) is 23.8 Å². The molecule has 2 aromatic carbocycles. The van der Waals surface area contributed by atoms with E-state index in [1.54, 1.807) is 6.07 Å².